The van der Waals surface area contributed by atoms with E-state index in [2.05, 4.69) is 37.6 Å². The topological polar surface area (TPSA) is 51.0 Å². The monoisotopic (exact) mass is 429 g/mol. The molecule has 0 radical (unpaired) electrons. The maximum Gasteiger partial charge on any atom is 0.128 e. The first-order chi connectivity index (χ1) is 15.5. The van der Waals surface area contributed by atoms with E-state index in [0.29, 0.717) is 17.9 Å². The maximum atomic E-state index is 11.1. The molecule has 0 aromatic heterocycles. The molecule has 0 atom stereocenters. The summed E-state index contributed by atoms with van der Waals surface area (Å²) < 4.78 is 11.3. The quantitative estimate of drug-likeness (QED) is 0.218. The molecule has 4 heteroatoms. The van der Waals surface area contributed by atoms with Gasteiger partial charge in [0.25, 0.3) is 0 Å². The summed E-state index contributed by atoms with van der Waals surface area (Å²) in [6.45, 7) is 8.54. The Morgan fingerprint density at radius 1 is 1.00 bits per heavy atom. The average molecular weight is 430 g/mol. The van der Waals surface area contributed by atoms with E-state index < -0.39 is 5.41 Å². The number of methoxy groups -OCH3 is 1. The van der Waals surface area contributed by atoms with Crippen LogP contribution in [0.15, 0.2) is 84.4 Å². The van der Waals surface area contributed by atoms with Crippen LogP contribution in [0.25, 0.3) is 0 Å². The SMILES string of the molecule is C=CCCCOc1cccc(N=Cc2cc(OC)cc(C(C)(C)c3ccccc3)c2O)c1. The van der Waals surface area contributed by atoms with Crippen molar-refractivity contribution in [2.75, 3.05) is 13.7 Å². The van der Waals surface area contributed by atoms with Crippen molar-refractivity contribution in [2.24, 2.45) is 4.99 Å². The zero-order chi connectivity index (χ0) is 23.0. The lowest BCUT2D eigenvalue weighted by atomic mass is 9.77. The minimum absolute atomic E-state index is 0.195. The van der Waals surface area contributed by atoms with Crippen LogP contribution in [0.3, 0.4) is 0 Å². The van der Waals surface area contributed by atoms with E-state index in [-0.39, 0.29) is 5.75 Å². The summed E-state index contributed by atoms with van der Waals surface area (Å²) in [5, 5.41) is 11.1. The molecular formula is C28H31NO3. The largest absolute Gasteiger partial charge is 0.507 e. The van der Waals surface area contributed by atoms with Gasteiger partial charge in [-0.2, -0.15) is 0 Å². The van der Waals surface area contributed by atoms with Crippen molar-refractivity contribution < 1.29 is 14.6 Å². The van der Waals surface area contributed by atoms with Gasteiger partial charge in [0.05, 0.1) is 19.4 Å². The number of unbranched alkanes of at least 4 members (excludes halogenated alkanes) is 1. The van der Waals surface area contributed by atoms with Crippen LogP contribution in [-0.4, -0.2) is 25.0 Å². The molecule has 0 aliphatic carbocycles. The van der Waals surface area contributed by atoms with Gasteiger partial charge in [-0.3, -0.25) is 4.99 Å². The highest BCUT2D eigenvalue weighted by Gasteiger charge is 2.28. The van der Waals surface area contributed by atoms with Crippen molar-refractivity contribution in [3.63, 3.8) is 0 Å². The fourth-order valence-electron chi connectivity index (χ4n) is 3.55. The molecule has 1 N–H and O–H groups in total. The number of benzene rings is 3. The highest BCUT2D eigenvalue weighted by molar-refractivity contribution is 5.87. The predicted octanol–water partition coefficient (Wildman–Crippen LogP) is 6.82. The Hall–Kier alpha value is -3.53. The van der Waals surface area contributed by atoms with E-state index in [4.69, 9.17) is 9.47 Å². The number of allylic oxidation sites excluding steroid dienone is 1. The second kappa shape index (κ2) is 10.7. The van der Waals surface area contributed by atoms with E-state index in [1.165, 1.54) is 0 Å². The van der Waals surface area contributed by atoms with Crippen LogP contribution in [0.4, 0.5) is 5.69 Å². The van der Waals surface area contributed by atoms with Crippen molar-refractivity contribution in [3.8, 4) is 17.2 Å². The highest BCUT2D eigenvalue weighted by Crippen LogP contribution is 2.40. The molecule has 0 bridgehead atoms. The van der Waals surface area contributed by atoms with Gasteiger partial charge in [0.1, 0.15) is 17.2 Å². The Balaban J connectivity index is 1.90. The summed E-state index contributed by atoms with van der Waals surface area (Å²) in [5.41, 5.74) is 2.82. The third kappa shape index (κ3) is 5.58. The standard InChI is InChI=1S/C28H31NO3/c1-5-6-10-16-32-24-15-11-14-23(18-24)29-20-21-17-25(31-4)19-26(27(21)30)28(2,3)22-12-8-7-9-13-22/h5,7-9,11-15,17-20,30H,1,6,10,16H2,2-4H3. The number of aliphatic imine (C=N–C) groups is 1. The van der Waals surface area contributed by atoms with Crippen LogP contribution in [0, 0.1) is 0 Å². The Bertz CT molecular complexity index is 1070. The molecule has 0 saturated heterocycles. The van der Waals surface area contributed by atoms with Crippen molar-refractivity contribution in [1.82, 2.24) is 0 Å². The summed E-state index contributed by atoms with van der Waals surface area (Å²) in [7, 11) is 1.62. The first-order valence-electron chi connectivity index (χ1n) is 10.8. The minimum Gasteiger partial charge on any atom is -0.507 e. The Morgan fingerprint density at radius 2 is 1.78 bits per heavy atom. The van der Waals surface area contributed by atoms with E-state index in [1.54, 1.807) is 19.4 Å². The van der Waals surface area contributed by atoms with E-state index >= 15 is 0 Å². The van der Waals surface area contributed by atoms with Gasteiger partial charge in [-0.25, -0.2) is 0 Å². The Labute approximate surface area is 190 Å². The van der Waals surface area contributed by atoms with Gasteiger partial charge in [0, 0.05) is 28.8 Å². The van der Waals surface area contributed by atoms with Gasteiger partial charge in [0.2, 0.25) is 0 Å². The normalized spacial score (nSPS) is 11.5. The molecule has 4 nitrogen and oxygen atoms in total. The zero-order valence-corrected chi connectivity index (χ0v) is 19.0. The Morgan fingerprint density at radius 3 is 2.50 bits per heavy atom. The third-order valence-electron chi connectivity index (χ3n) is 5.51. The molecule has 0 unspecified atom stereocenters. The first-order valence-corrected chi connectivity index (χ1v) is 10.8. The van der Waals surface area contributed by atoms with Gasteiger partial charge in [-0.05, 0) is 42.7 Å². The lowest BCUT2D eigenvalue weighted by Crippen LogP contribution is -2.19. The van der Waals surface area contributed by atoms with Crippen LogP contribution in [-0.2, 0) is 5.41 Å². The molecule has 0 aliphatic heterocycles. The van der Waals surface area contributed by atoms with Crippen LogP contribution in [0.5, 0.6) is 17.2 Å². The molecule has 0 saturated carbocycles. The summed E-state index contributed by atoms with van der Waals surface area (Å²) in [6, 6.07) is 21.4. The first kappa shape index (κ1) is 23.1. The fraction of sp³-hybridized carbons (Fsp3) is 0.250. The second-order valence-corrected chi connectivity index (χ2v) is 8.14. The van der Waals surface area contributed by atoms with Crippen LogP contribution < -0.4 is 9.47 Å². The second-order valence-electron chi connectivity index (χ2n) is 8.14. The van der Waals surface area contributed by atoms with Crippen LogP contribution in [0.2, 0.25) is 0 Å². The number of phenols is 1. The van der Waals surface area contributed by atoms with Crippen molar-refractivity contribution in [1.29, 1.82) is 0 Å². The molecule has 0 heterocycles. The van der Waals surface area contributed by atoms with E-state index in [1.807, 2.05) is 54.6 Å². The smallest absolute Gasteiger partial charge is 0.128 e. The van der Waals surface area contributed by atoms with Gasteiger partial charge < -0.3 is 14.6 Å². The van der Waals surface area contributed by atoms with Gasteiger partial charge in [0.15, 0.2) is 0 Å². The molecule has 0 aliphatic rings. The zero-order valence-electron chi connectivity index (χ0n) is 19.0. The number of rotatable bonds is 10. The maximum absolute atomic E-state index is 11.1. The fourth-order valence-corrected chi connectivity index (χ4v) is 3.55. The number of hydrogen-bond acceptors (Lipinski definition) is 4. The molecule has 3 aromatic carbocycles. The number of phenolic OH excluding ortho intramolecular Hbond substituents is 1. The molecule has 32 heavy (non-hydrogen) atoms. The summed E-state index contributed by atoms with van der Waals surface area (Å²) in [4.78, 5) is 4.58. The van der Waals surface area contributed by atoms with Crippen LogP contribution in [0.1, 0.15) is 43.4 Å². The summed E-state index contributed by atoms with van der Waals surface area (Å²) >= 11 is 0. The molecule has 166 valence electrons. The minimum atomic E-state index is -0.415. The summed E-state index contributed by atoms with van der Waals surface area (Å²) in [6.07, 6.45) is 5.40. The number of hydrogen-bond donors (Lipinski definition) is 1. The molecule has 3 aromatic rings. The van der Waals surface area contributed by atoms with E-state index in [9.17, 15) is 5.11 Å². The van der Waals surface area contributed by atoms with E-state index in [0.717, 1.165) is 35.4 Å². The molecule has 3 rings (SSSR count). The van der Waals surface area contributed by atoms with Gasteiger partial charge in [-0.15, -0.1) is 6.58 Å². The third-order valence-corrected chi connectivity index (χ3v) is 5.51. The predicted molar refractivity (Wildman–Crippen MR) is 132 cm³/mol. The van der Waals surface area contributed by atoms with Crippen molar-refractivity contribution in [3.05, 3.63) is 96.1 Å². The lowest BCUT2D eigenvalue weighted by Gasteiger charge is -2.28. The lowest BCUT2D eigenvalue weighted by molar-refractivity contribution is 0.312. The number of ether oxygens (including phenoxy) is 2. The van der Waals surface area contributed by atoms with Crippen molar-refractivity contribution in [2.45, 2.75) is 32.1 Å². The average Bonchev–Trinajstić information content (AvgIpc) is 2.82. The number of nitrogens with zero attached hydrogens (tertiary/aromatic N) is 1. The Kier molecular flexibility index (Phi) is 7.72. The molecule has 0 fully saturated rings. The van der Waals surface area contributed by atoms with Crippen LogP contribution >= 0.6 is 0 Å². The van der Waals surface area contributed by atoms with Gasteiger partial charge in [-0.1, -0.05) is 56.3 Å². The number of aromatic hydroxyl groups is 1. The molecular weight excluding hydrogens is 398 g/mol. The van der Waals surface area contributed by atoms with Crippen molar-refractivity contribution >= 4 is 11.9 Å². The summed E-state index contributed by atoms with van der Waals surface area (Å²) in [5.74, 6) is 1.63. The van der Waals surface area contributed by atoms with Gasteiger partial charge >= 0.3 is 0 Å². The highest BCUT2D eigenvalue weighted by atomic mass is 16.5. The molecule has 0 spiro atoms. The molecule has 0 amide bonds.